The lowest BCUT2D eigenvalue weighted by molar-refractivity contribution is -0.136. The monoisotopic (exact) mass is 335 g/mol. The van der Waals surface area contributed by atoms with Crippen LogP contribution in [0.5, 0.6) is 0 Å². The summed E-state index contributed by atoms with van der Waals surface area (Å²) >= 11 is 6.22. The number of carboxylic acid groups (broad SMARTS) is 1. The predicted octanol–water partition coefficient (Wildman–Crippen LogP) is 2.85. The number of aromatic nitrogens is 2. The fraction of sp³-hybridized carbons (Fsp3) is 0.312. The average molecular weight is 336 g/mol. The highest BCUT2D eigenvalue weighted by atomic mass is 35.5. The highest BCUT2D eigenvalue weighted by Gasteiger charge is 2.21. The molecule has 0 aliphatic carbocycles. The van der Waals surface area contributed by atoms with Crippen molar-refractivity contribution < 1.29 is 14.7 Å². The molecule has 0 atom stereocenters. The summed E-state index contributed by atoms with van der Waals surface area (Å²) in [7, 11) is 0. The summed E-state index contributed by atoms with van der Waals surface area (Å²) in [4.78, 5) is 22.8. The quantitative estimate of drug-likeness (QED) is 0.850. The van der Waals surface area contributed by atoms with Crippen LogP contribution in [-0.4, -0.2) is 33.3 Å². The van der Waals surface area contributed by atoms with Gasteiger partial charge in [-0.15, -0.1) is 0 Å². The van der Waals surface area contributed by atoms with E-state index >= 15 is 0 Å². The smallest absolute Gasteiger partial charge is 0.305 e. The van der Waals surface area contributed by atoms with Crippen molar-refractivity contribution in [1.29, 1.82) is 0 Å². The molecule has 0 aliphatic rings. The molecule has 1 aromatic heterocycles. The van der Waals surface area contributed by atoms with E-state index in [1.165, 1.54) is 6.20 Å². The second kappa shape index (κ2) is 7.28. The van der Waals surface area contributed by atoms with E-state index in [1.807, 2.05) is 32.0 Å². The van der Waals surface area contributed by atoms with Crippen LogP contribution in [0.15, 0.2) is 30.5 Å². The Hall–Kier alpha value is -2.34. The van der Waals surface area contributed by atoms with Gasteiger partial charge in [-0.05, 0) is 18.1 Å². The predicted molar refractivity (Wildman–Crippen MR) is 87.2 cm³/mol. The molecule has 0 radical (unpaired) electrons. The topological polar surface area (TPSA) is 84.2 Å². The Bertz CT molecular complexity index is 725. The molecule has 0 spiro atoms. The first kappa shape index (κ1) is 17.0. The van der Waals surface area contributed by atoms with Gasteiger partial charge in [0, 0.05) is 6.54 Å². The van der Waals surface area contributed by atoms with Crippen LogP contribution in [0.2, 0.25) is 5.02 Å². The van der Waals surface area contributed by atoms with Gasteiger partial charge in [0.2, 0.25) is 0 Å². The van der Waals surface area contributed by atoms with Crippen LogP contribution in [0.25, 0.3) is 5.69 Å². The number of carboxylic acids is 1. The molecule has 1 heterocycles. The number of nitrogens with zero attached hydrogens (tertiary/aromatic N) is 2. The summed E-state index contributed by atoms with van der Waals surface area (Å²) in [5, 5.41) is 16.1. The Kier molecular flexibility index (Phi) is 5.39. The van der Waals surface area contributed by atoms with E-state index in [9.17, 15) is 9.59 Å². The number of carbonyl (C=O) groups excluding carboxylic acids is 1. The van der Waals surface area contributed by atoms with Gasteiger partial charge in [-0.2, -0.15) is 5.10 Å². The molecule has 0 saturated carbocycles. The zero-order valence-corrected chi connectivity index (χ0v) is 13.7. The van der Waals surface area contributed by atoms with Crippen molar-refractivity contribution in [3.05, 3.63) is 46.7 Å². The maximum Gasteiger partial charge on any atom is 0.305 e. The van der Waals surface area contributed by atoms with E-state index in [1.54, 1.807) is 10.7 Å². The third-order valence-corrected chi connectivity index (χ3v) is 3.62. The Labute approximate surface area is 139 Å². The Balaban J connectivity index is 2.34. The molecule has 7 heteroatoms. The lowest BCUT2D eigenvalue weighted by atomic mass is 10.0. The highest BCUT2D eigenvalue weighted by molar-refractivity contribution is 6.32. The largest absolute Gasteiger partial charge is 0.481 e. The van der Waals surface area contributed by atoms with E-state index in [0.29, 0.717) is 16.3 Å². The third kappa shape index (κ3) is 3.90. The molecule has 2 rings (SSSR count). The number of para-hydroxylation sites is 1. The van der Waals surface area contributed by atoms with Crippen molar-refractivity contribution in [3.8, 4) is 5.69 Å². The molecule has 1 amide bonds. The first-order valence-corrected chi connectivity index (χ1v) is 7.62. The summed E-state index contributed by atoms with van der Waals surface area (Å²) in [5.74, 6) is -1.26. The first-order valence-electron chi connectivity index (χ1n) is 7.24. The fourth-order valence-electron chi connectivity index (χ4n) is 2.28. The third-order valence-electron chi connectivity index (χ3n) is 3.30. The summed E-state index contributed by atoms with van der Waals surface area (Å²) in [6, 6.07) is 7.26. The van der Waals surface area contributed by atoms with Crippen molar-refractivity contribution in [3.63, 3.8) is 0 Å². The van der Waals surface area contributed by atoms with Crippen molar-refractivity contribution in [2.45, 2.75) is 26.2 Å². The van der Waals surface area contributed by atoms with Gasteiger partial charge in [-0.1, -0.05) is 37.6 Å². The maximum absolute atomic E-state index is 12.3. The second-order valence-corrected chi connectivity index (χ2v) is 5.77. The Morgan fingerprint density at radius 1 is 1.35 bits per heavy atom. The van der Waals surface area contributed by atoms with Gasteiger partial charge in [-0.3, -0.25) is 9.59 Å². The highest BCUT2D eigenvalue weighted by Crippen LogP contribution is 2.26. The minimum Gasteiger partial charge on any atom is -0.481 e. The van der Waals surface area contributed by atoms with Gasteiger partial charge in [0.15, 0.2) is 0 Å². The molecule has 2 N–H and O–H groups in total. The summed E-state index contributed by atoms with van der Waals surface area (Å²) in [5.41, 5.74) is 1.85. The molecule has 6 nitrogen and oxygen atoms in total. The molecule has 0 saturated heterocycles. The van der Waals surface area contributed by atoms with Crippen LogP contribution in [-0.2, 0) is 4.79 Å². The van der Waals surface area contributed by atoms with Crippen LogP contribution in [0, 0.1) is 0 Å². The number of amides is 1. The van der Waals surface area contributed by atoms with E-state index in [-0.39, 0.29) is 24.8 Å². The zero-order chi connectivity index (χ0) is 17.0. The van der Waals surface area contributed by atoms with Crippen molar-refractivity contribution >= 4 is 23.5 Å². The van der Waals surface area contributed by atoms with Gasteiger partial charge in [0.25, 0.3) is 5.91 Å². The number of rotatable bonds is 6. The van der Waals surface area contributed by atoms with Gasteiger partial charge in [-0.25, -0.2) is 4.68 Å². The Morgan fingerprint density at radius 2 is 2.04 bits per heavy atom. The number of hydrogen-bond donors (Lipinski definition) is 2. The molecule has 0 fully saturated rings. The zero-order valence-electron chi connectivity index (χ0n) is 12.9. The number of halogens is 1. The summed E-state index contributed by atoms with van der Waals surface area (Å²) < 4.78 is 1.65. The molecule has 2 aromatic rings. The molecule has 0 bridgehead atoms. The van der Waals surface area contributed by atoms with Crippen molar-refractivity contribution in [2.24, 2.45) is 0 Å². The minimum absolute atomic E-state index is 0.0361. The van der Waals surface area contributed by atoms with Crippen molar-refractivity contribution in [1.82, 2.24) is 15.1 Å². The molecule has 122 valence electrons. The van der Waals surface area contributed by atoms with E-state index in [2.05, 4.69) is 10.4 Å². The molecule has 23 heavy (non-hydrogen) atoms. The van der Waals surface area contributed by atoms with E-state index in [4.69, 9.17) is 16.7 Å². The van der Waals surface area contributed by atoms with E-state index < -0.39 is 5.97 Å². The first-order chi connectivity index (χ1) is 10.9. The molecular weight excluding hydrogens is 318 g/mol. The maximum atomic E-state index is 12.3. The Morgan fingerprint density at radius 3 is 2.65 bits per heavy atom. The van der Waals surface area contributed by atoms with Crippen molar-refractivity contribution in [2.75, 3.05) is 6.54 Å². The van der Waals surface area contributed by atoms with Crippen LogP contribution >= 0.6 is 11.6 Å². The van der Waals surface area contributed by atoms with Gasteiger partial charge >= 0.3 is 5.97 Å². The fourth-order valence-corrected chi connectivity index (χ4v) is 2.50. The number of carbonyl (C=O) groups is 2. The van der Waals surface area contributed by atoms with Crippen LogP contribution in [0.4, 0.5) is 0 Å². The number of benzene rings is 1. The van der Waals surface area contributed by atoms with Gasteiger partial charge in [0.05, 0.1) is 34.6 Å². The minimum atomic E-state index is -0.957. The summed E-state index contributed by atoms with van der Waals surface area (Å²) in [6.07, 6.45) is 1.36. The lowest BCUT2D eigenvalue weighted by Crippen LogP contribution is -2.27. The van der Waals surface area contributed by atoms with Crippen LogP contribution < -0.4 is 5.32 Å². The second-order valence-electron chi connectivity index (χ2n) is 5.36. The SMILES string of the molecule is CC(C)c1c(C(=O)NCCC(=O)O)cnn1-c1ccccc1Cl. The lowest BCUT2D eigenvalue weighted by Gasteiger charge is -2.13. The normalized spacial score (nSPS) is 10.8. The molecule has 0 aliphatic heterocycles. The standard InChI is InChI=1S/C16H18ClN3O3/c1-10(2)15-11(16(23)18-8-7-14(21)22)9-19-20(15)13-6-4-3-5-12(13)17/h3-6,9-10H,7-8H2,1-2H3,(H,18,23)(H,21,22). The molecule has 0 unspecified atom stereocenters. The molecule has 1 aromatic carbocycles. The van der Waals surface area contributed by atoms with Crippen LogP contribution in [0.3, 0.4) is 0 Å². The van der Waals surface area contributed by atoms with E-state index in [0.717, 1.165) is 5.69 Å². The van der Waals surface area contributed by atoms with Crippen LogP contribution in [0.1, 0.15) is 42.2 Å². The average Bonchev–Trinajstić information content (AvgIpc) is 2.92. The van der Waals surface area contributed by atoms with Gasteiger partial charge < -0.3 is 10.4 Å². The summed E-state index contributed by atoms with van der Waals surface area (Å²) in [6.45, 7) is 3.99. The number of nitrogens with one attached hydrogen (secondary N) is 1. The number of aliphatic carboxylic acids is 1. The number of hydrogen-bond acceptors (Lipinski definition) is 3. The van der Waals surface area contributed by atoms with Gasteiger partial charge in [0.1, 0.15) is 0 Å². The molecular formula is C16H18ClN3O3.